The topological polar surface area (TPSA) is 122 Å². The standard InChI is InChI=1S/C12H15FN2O6S/c13-12(4-6-20-7-5-12)8-21-11-9(15(16)17)2-1-3-10(11)22(14,18)19/h1-3H,4-8H2,(H2,14,18,19). The summed E-state index contributed by atoms with van der Waals surface area (Å²) in [5.41, 5.74) is -2.31. The van der Waals surface area contributed by atoms with Crippen LogP contribution in [0.3, 0.4) is 0 Å². The Morgan fingerprint density at radius 1 is 1.41 bits per heavy atom. The van der Waals surface area contributed by atoms with Crippen LogP contribution in [0, 0.1) is 10.1 Å². The second-order valence-corrected chi connectivity index (χ2v) is 6.49. The highest BCUT2D eigenvalue weighted by atomic mass is 32.2. The lowest BCUT2D eigenvalue weighted by Gasteiger charge is -2.29. The smallest absolute Gasteiger partial charge is 0.312 e. The predicted molar refractivity (Wildman–Crippen MR) is 73.9 cm³/mol. The molecule has 0 amide bonds. The van der Waals surface area contributed by atoms with Crippen molar-refractivity contribution in [2.24, 2.45) is 5.14 Å². The van der Waals surface area contributed by atoms with Gasteiger partial charge in [0.25, 0.3) is 0 Å². The number of nitrogens with two attached hydrogens (primary N) is 1. The van der Waals surface area contributed by atoms with Crippen LogP contribution in [0.1, 0.15) is 12.8 Å². The second-order valence-electron chi connectivity index (χ2n) is 4.96. The third kappa shape index (κ3) is 3.70. The number of sulfonamides is 1. The van der Waals surface area contributed by atoms with Crippen LogP contribution in [-0.2, 0) is 14.8 Å². The summed E-state index contributed by atoms with van der Waals surface area (Å²) >= 11 is 0. The third-order valence-corrected chi connectivity index (χ3v) is 4.26. The molecule has 0 spiro atoms. The van der Waals surface area contributed by atoms with Gasteiger partial charge in [0.2, 0.25) is 15.8 Å². The maximum absolute atomic E-state index is 14.5. The monoisotopic (exact) mass is 334 g/mol. The Balaban J connectivity index is 2.34. The summed E-state index contributed by atoms with van der Waals surface area (Å²) in [4.78, 5) is 9.66. The van der Waals surface area contributed by atoms with Gasteiger partial charge in [0.05, 0.1) is 4.92 Å². The van der Waals surface area contributed by atoms with Gasteiger partial charge in [0.15, 0.2) is 0 Å². The molecule has 2 N–H and O–H groups in total. The van der Waals surface area contributed by atoms with Gasteiger partial charge in [0.1, 0.15) is 17.2 Å². The van der Waals surface area contributed by atoms with Gasteiger partial charge < -0.3 is 9.47 Å². The molecule has 1 aliphatic heterocycles. The number of benzene rings is 1. The molecule has 1 aliphatic rings. The molecule has 22 heavy (non-hydrogen) atoms. The number of nitro groups is 1. The van der Waals surface area contributed by atoms with Crippen LogP contribution in [0.25, 0.3) is 0 Å². The highest BCUT2D eigenvalue weighted by Crippen LogP contribution is 2.35. The number of hydrogen-bond acceptors (Lipinski definition) is 6. The molecule has 0 bridgehead atoms. The quantitative estimate of drug-likeness (QED) is 0.636. The molecule has 0 atom stereocenters. The Morgan fingerprint density at radius 3 is 2.59 bits per heavy atom. The van der Waals surface area contributed by atoms with Gasteiger partial charge in [-0.05, 0) is 6.07 Å². The molecule has 0 radical (unpaired) electrons. The maximum atomic E-state index is 14.5. The van der Waals surface area contributed by atoms with E-state index < -0.39 is 43.6 Å². The molecule has 1 fully saturated rings. The summed E-state index contributed by atoms with van der Waals surface area (Å²) in [5.74, 6) is -0.543. The van der Waals surface area contributed by atoms with Crippen molar-refractivity contribution in [2.45, 2.75) is 23.4 Å². The minimum Gasteiger partial charge on any atom is -0.482 e. The van der Waals surface area contributed by atoms with Crippen molar-refractivity contribution in [3.8, 4) is 5.75 Å². The second kappa shape index (κ2) is 6.15. The zero-order chi connectivity index (χ0) is 16.4. The Hall–Kier alpha value is -1.78. The number of ether oxygens (including phenoxy) is 2. The van der Waals surface area contributed by atoms with E-state index in [1.165, 1.54) is 6.07 Å². The predicted octanol–water partition coefficient (Wildman–Crippen LogP) is 1.14. The van der Waals surface area contributed by atoms with E-state index in [0.717, 1.165) is 12.1 Å². The number of halogens is 1. The van der Waals surface area contributed by atoms with E-state index in [1.54, 1.807) is 0 Å². The van der Waals surface area contributed by atoms with Gasteiger partial charge in [-0.3, -0.25) is 10.1 Å². The molecular weight excluding hydrogens is 319 g/mol. The molecule has 0 unspecified atom stereocenters. The molecule has 1 heterocycles. The Kier molecular flexibility index (Phi) is 4.63. The number of hydrogen-bond donors (Lipinski definition) is 1. The van der Waals surface area contributed by atoms with Gasteiger partial charge >= 0.3 is 5.69 Å². The van der Waals surface area contributed by atoms with E-state index in [4.69, 9.17) is 14.6 Å². The summed E-state index contributed by atoms with van der Waals surface area (Å²) < 4.78 is 47.7. The van der Waals surface area contributed by atoms with E-state index in [0.29, 0.717) is 0 Å². The SMILES string of the molecule is NS(=O)(=O)c1cccc([N+](=O)[O-])c1OCC1(F)CCOCC1. The number of para-hydroxylation sites is 1. The first kappa shape index (κ1) is 16.6. The van der Waals surface area contributed by atoms with Crippen molar-refractivity contribution in [1.29, 1.82) is 0 Å². The molecule has 122 valence electrons. The fourth-order valence-corrected chi connectivity index (χ4v) is 2.79. The van der Waals surface area contributed by atoms with E-state index in [-0.39, 0.29) is 26.1 Å². The van der Waals surface area contributed by atoms with Crippen molar-refractivity contribution < 1.29 is 27.2 Å². The maximum Gasteiger partial charge on any atom is 0.312 e. The Bertz CT molecular complexity index is 672. The fourth-order valence-electron chi connectivity index (χ4n) is 2.10. The number of nitrogens with zero attached hydrogens (tertiary/aromatic N) is 1. The van der Waals surface area contributed by atoms with E-state index >= 15 is 0 Å². The van der Waals surface area contributed by atoms with E-state index in [2.05, 4.69) is 0 Å². The number of rotatable bonds is 5. The van der Waals surface area contributed by atoms with Crippen LogP contribution in [0.5, 0.6) is 5.75 Å². The average molecular weight is 334 g/mol. The van der Waals surface area contributed by atoms with Crippen molar-refractivity contribution in [2.75, 3.05) is 19.8 Å². The molecule has 1 aromatic carbocycles. The van der Waals surface area contributed by atoms with Gasteiger partial charge in [-0.1, -0.05) is 6.07 Å². The summed E-state index contributed by atoms with van der Waals surface area (Å²) in [6.07, 6.45) is 0.136. The van der Waals surface area contributed by atoms with Crippen molar-refractivity contribution in [1.82, 2.24) is 0 Å². The van der Waals surface area contributed by atoms with Crippen LogP contribution in [0.15, 0.2) is 23.1 Å². The van der Waals surface area contributed by atoms with Gasteiger partial charge in [-0.25, -0.2) is 17.9 Å². The van der Waals surface area contributed by atoms with Crippen LogP contribution >= 0.6 is 0 Å². The first-order chi connectivity index (χ1) is 10.2. The van der Waals surface area contributed by atoms with Crippen LogP contribution in [0.2, 0.25) is 0 Å². The van der Waals surface area contributed by atoms with Gasteiger partial charge in [-0.2, -0.15) is 0 Å². The molecular formula is C12H15FN2O6S. The first-order valence-corrected chi connectivity index (χ1v) is 7.97. The lowest BCUT2D eigenvalue weighted by Crippen LogP contribution is -2.37. The van der Waals surface area contributed by atoms with Crippen LogP contribution < -0.4 is 9.88 Å². The normalized spacial score (nSPS) is 17.9. The average Bonchev–Trinajstić information content (AvgIpc) is 2.44. The summed E-state index contributed by atoms with van der Waals surface area (Å²) in [7, 11) is -4.24. The molecule has 0 aromatic heterocycles. The van der Waals surface area contributed by atoms with E-state index in [1.807, 2.05) is 0 Å². The molecule has 2 rings (SSSR count). The minimum atomic E-state index is -4.24. The lowest BCUT2D eigenvalue weighted by molar-refractivity contribution is -0.386. The van der Waals surface area contributed by atoms with E-state index in [9.17, 15) is 22.9 Å². The van der Waals surface area contributed by atoms with Crippen molar-refractivity contribution in [3.05, 3.63) is 28.3 Å². The molecule has 10 heteroatoms. The van der Waals surface area contributed by atoms with Crippen LogP contribution in [-0.4, -0.2) is 38.8 Å². The zero-order valence-corrected chi connectivity index (χ0v) is 12.3. The number of nitro benzene ring substituents is 1. The Morgan fingerprint density at radius 2 is 2.05 bits per heavy atom. The molecule has 0 aliphatic carbocycles. The lowest BCUT2D eigenvalue weighted by atomic mass is 9.98. The largest absolute Gasteiger partial charge is 0.482 e. The fraction of sp³-hybridized carbons (Fsp3) is 0.500. The Labute approximate surface area is 126 Å². The molecule has 1 aromatic rings. The van der Waals surface area contributed by atoms with Crippen molar-refractivity contribution in [3.63, 3.8) is 0 Å². The zero-order valence-electron chi connectivity index (χ0n) is 11.5. The molecule has 0 saturated carbocycles. The van der Waals surface area contributed by atoms with Crippen molar-refractivity contribution >= 4 is 15.7 Å². The molecule has 8 nitrogen and oxygen atoms in total. The summed E-state index contributed by atoms with van der Waals surface area (Å²) in [6, 6.07) is 3.32. The molecule has 1 saturated heterocycles. The highest BCUT2D eigenvalue weighted by Gasteiger charge is 2.35. The summed E-state index contributed by atoms with van der Waals surface area (Å²) in [6.45, 7) is -0.0959. The third-order valence-electron chi connectivity index (χ3n) is 3.33. The number of primary sulfonamides is 1. The van der Waals surface area contributed by atoms with Gasteiger partial charge in [0, 0.05) is 32.1 Å². The number of alkyl halides is 1. The highest BCUT2D eigenvalue weighted by molar-refractivity contribution is 7.89. The van der Waals surface area contributed by atoms with Crippen LogP contribution in [0.4, 0.5) is 10.1 Å². The first-order valence-electron chi connectivity index (χ1n) is 6.43. The summed E-state index contributed by atoms with van der Waals surface area (Å²) in [5, 5.41) is 16.0. The van der Waals surface area contributed by atoms with Gasteiger partial charge in [-0.15, -0.1) is 0 Å². The minimum absolute atomic E-state index is 0.0678.